The number of benzene rings is 2. The highest BCUT2D eigenvalue weighted by molar-refractivity contribution is 14.1. The van der Waals surface area contributed by atoms with E-state index >= 15 is 0 Å². The zero-order valence-electron chi connectivity index (χ0n) is 20.5. The predicted octanol–water partition coefficient (Wildman–Crippen LogP) is 2.70. The Morgan fingerprint density at radius 2 is 1.97 bits per heavy atom. The number of aliphatic hydroxyl groups is 2. The molecule has 1 aliphatic carbocycles. The molecule has 2 aromatic rings. The summed E-state index contributed by atoms with van der Waals surface area (Å²) in [5.74, 6) is 0.843. The Morgan fingerprint density at radius 1 is 1.19 bits per heavy atom. The van der Waals surface area contributed by atoms with Crippen molar-refractivity contribution < 1.29 is 29.3 Å². The Morgan fingerprint density at radius 3 is 2.67 bits per heavy atom. The van der Waals surface area contributed by atoms with Crippen LogP contribution >= 0.6 is 22.6 Å². The van der Waals surface area contributed by atoms with Gasteiger partial charge in [-0.1, -0.05) is 31.2 Å². The minimum atomic E-state index is -1.05. The highest BCUT2D eigenvalue weighted by Gasteiger charge is 2.40. The molecule has 3 atom stereocenters. The third kappa shape index (κ3) is 7.21. The molecule has 0 saturated heterocycles. The van der Waals surface area contributed by atoms with Crippen LogP contribution in [0.4, 0.5) is 0 Å². The van der Waals surface area contributed by atoms with Gasteiger partial charge in [-0.2, -0.15) is 0 Å². The van der Waals surface area contributed by atoms with Crippen LogP contribution in [0.2, 0.25) is 0 Å². The van der Waals surface area contributed by atoms with E-state index in [0.717, 1.165) is 14.9 Å². The van der Waals surface area contributed by atoms with Crippen LogP contribution in [0.1, 0.15) is 25.3 Å². The van der Waals surface area contributed by atoms with Gasteiger partial charge in [0.15, 0.2) is 0 Å². The third-order valence-corrected chi connectivity index (χ3v) is 7.00. The quantitative estimate of drug-likeness (QED) is 0.339. The molecule has 0 unspecified atom stereocenters. The van der Waals surface area contributed by atoms with Gasteiger partial charge in [0, 0.05) is 31.5 Å². The van der Waals surface area contributed by atoms with Gasteiger partial charge >= 0.3 is 0 Å². The van der Waals surface area contributed by atoms with Crippen LogP contribution < -0.4 is 14.8 Å². The lowest BCUT2D eigenvalue weighted by molar-refractivity contribution is -0.138. The van der Waals surface area contributed by atoms with Crippen molar-refractivity contribution in [1.82, 2.24) is 10.2 Å². The standard InChI is InChI=1S/C27H33IN2O6/c1-3-25(32)30(13-11-18-7-6-8-20(15-18)35-2)22-16-19(27(34)29-12-14-31)17-24(26(22)33)36-23-10-5-4-9-21(23)28/h4-10,15,17,22,24,26,31,33H,3,11-14,16H2,1-2H3,(H,29,34)/t22-,24+,26+/m1/s1. The number of hydrogen-bond acceptors (Lipinski definition) is 6. The molecular weight excluding hydrogens is 575 g/mol. The minimum absolute atomic E-state index is 0.110. The Labute approximate surface area is 225 Å². The summed E-state index contributed by atoms with van der Waals surface area (Å²) in [4.78, 5) is 27.6. The fraction of sp³-hybridized carbons (Fsp3) is 0.407. The molecule has 8 nitrogen and oxygen atoms in total. The fourth-order valence-corrected chi connectivity index (χ4v) is 4.74. The maximum Gasteiger partial charge on any atom is 0.247 e. The molecule has 194 valence electrons. The van der Waals surface area contributed by atoms with Crippen molar-refractivity contribution in [2.75, 3.05) is 26.8 Å². The summed E-state index contributed by atoms with van der Waals surface area (Å²) in [6.45, 7) is 2.07. The molecule has 0 aliphatic heterocycles. The van der Waals surface area contributed by atoms with Crippen LogP contribution in [0.25, 0.3) is 0 Å². The lowest BCUT2D eigenvalue weighted by Gasteiger charge is -2.40. The Kier molecular flexibility index (Phi) is 10.6. The normalized spacial score (nSPS) is 19.2. The van der Waals surface area contributed by atoms with Crippen molar-refractivity contribution in [3.8, 4) is 11.5 Å². The number of rotatable bonds is 11. The van der Waals surface area contributed by atoms with Crippen LogP contribution in [0.5, 0.6) is 11.5 Å². The van der Waals surface area contributed by atoms with Crippen molar-refractivity contribution in [3.63, 3.8) is 0 Å². The molecule has 0 bridgehead atoms. The summed E-state index contributed by atoms with van der Waals surface area (Å²) in [6.07, 6.45) is 0.736. The number of aliphatic hydroxyl groups excluding tert-OH is 2. The number of amides is 2. The predicted molar refractivity (Wildman–Crippen MR) is 145 cm³/mol. The van der Waals surface area contributed by atoms with E-state index in [0.29, 0.717) is 24.3 Å². The van der Waals surface area contributed by atoms with Gasteiger partial charge in [-0.3, -0.25) is 9.59 Å². The van der Waals surface area contributed by atoms with E-state index in [1.165, 1.54) is 0 Å². The van der Waals surface area contributed by atoms with E-state index in [1.807, 2.05) is 42.5 Å². The Balaban J connectivity index is 1.89. The fourth-order valence-electron chi connectivity index (χ4n) is 4.22. The first-order valence-electron chi connectivity index (χ1n) is 12.0. The van der Waals surface area contributed by atoms with Crippen LogP contribution in [0.3, 0.4) is 0 Å². The SMILES string of the molecule is CCC(=O)N(CCc1cccc(OC)c1)[C@@H]1CC(C(=O)NCCO)=C[C@H](Oc2ccccc2I)[C@H]1O. The van der Waals surface area contributed by atoms with Gasteiger partial charge in [-0.25, -0.2) is 0 Å². The highest BCUT2D eigenvalue weighted by atomic mass is 127. The van der Waals surface area contributed by atoms with E-state index in [-0.39, 0.29) is 37.8 Å². The Bertz CT molecular complexity index is 1080. The Hall–Kier alpha value is -2.63. The zero-order valence-corrected chi connectivity index (χ0v) is 22.7. The zero-order chi connectivity index (χ0) is 26.1. The van der Waals surface area contributed by atoms with E-state index in [9.17, 15) is 14.7 Å². The van der Waals surface area contributed by atoms with Gasteiger partial charge in [-0.05, 0) is 64.9 Å². The molecular formula is C27H33IN2O6. The largest absolute Gasteiger partial charge is 0.497 e. The number of hydrogen-bond donors (Lipinski definition) is 3. The van der Waals surface area contributed by atoms with Crippen LogP contribution in [-0.4, -0.2) is 72.0 Å². The average Bonchev–Trinajstić information content (AvgIpc) is 2.90. The summed E-state index contributed by atoms with van der Waals surface area (Å²) >= 11 is 2.15. The van der Waals surface area contributed by atoms with Crippen LogP contribution in [0, 0.1) is 3.57 Å². The van der Waals surface area contributed by atoms with Crippen molar-refractivity contribution in [2.24, 2.45) is 0 Å². The van der Waals surface area contributed by atoms with Gasteiger partial charge in [0.1, 0.15) is 23.7 Å². The molecule has 2 aromatic carbocycles. The molecule has 2 amide bonds. The third-order valence-electron chi connectivity index (χ3n) is 6.11. The number of carbonyl (C=O) groups excluding carboxylic acids is 2. The second-order valence-electron chi connectivity index (χ2n) is 8.49. The van der Waals surface area contributed by atoms with Crippen molar-refractivity contribution in [2.45, 2.75) is 44.4 Å². The van der Waals surface area contributed by atoms with E-state index in [4.69, 9.17) is 14.6 Å². The van der Waals surface area contributed by atoms with Gasteiger partial charge < -0.3 is 29.9 Å². The molecule has 0 radical (unpaired) electrons. The maximum atomic E-state index is 13.1. The lowest BCUT2D eigenvalue weighted by Crippen LogP contribution is -2.55. The van der Waals surface area contributed by atoms with Crippen molar-refractivity contribution >= 4 is 34.4 Å². The van der Waals surface area contributed by atoms with Crippen molar-refractivity contribution in [1.29, 1.82) is 0 Å². The molecule has 0 saturated carbocycles. The highest BCUT2D eigenvalue weighted by Crippen LogP contribution is 2.30. The summed E-state index contributed by atoms with van der Waals surface area (Å²) in [5.41, 5.74) is 1.40. The molecule has 0 heterocycles. The van der Waals surface area contributed by atoms with E-state index in [1.54, 1.807) is 31.1 Å². The number of halogens is 1. The first-order chi connectivity index (χ1) is 17.4. The van der Waals surface area contributed by atoms with Gasteiger partial charge in [0.25, 0.3) is 0 Å². The minimum Gasteiger partial charge on any atom is -0.497 e. The molecule has 0 spiro atoms. The molecule has 3 N–H and O–H groups in total. The van der Waals surface area contributed by atoms with Crippen molar-refractivity contribution in [3.05, 3.63) is 69.3 Å². The van der Waals surface area contributed by atoms with E-state index in [2.05, 4.69) is 27.9 Å². The molecule has 3 rings (SSSR count). The lowest BCUT2D eigenvalue weighted by atomic mass is 9.87. The summed E-state index contributed by atoms with van der Waals surface area (Å²) < 4.78 is 12.3. The second-order valence-corrected chi connectivity index (χ2v) is 9.65. The van der Waals surface area contributed by atoms with Crippen LogP contribution in [-0.2, 0) is 16.0 Å². The molecule has 0 fully saturated rings. The topological polar surface area (TPSA) is 108 Å². The van der Waals surface area contributed by atoms with Gasteiger partial charge in [-0.15, -0.1) is 0 Å². The monoisotopic (exact) mass is 608 g/mol. The summed E-state index contributed by atoms with van der Waals surface area (Å²) in [6, 6.07) is 14.4. The summed E-state index contributed by atoms with van der Waals surface area (Å²) in [5, 5.41) is 23.2. The number of carbonyl (C=O) groups is 2. The molecule has 0 aromatic heterocycles. The van der Waals surface area contributed by atoms with Crippen LogP contribution in [0.15, 0.2) is 60.2 Å². The smallest absolute Gasteiger partial charge is 0.247 e. The van der Waals surface area contributed by atoms with Gasteiger partial charge in [0.05, 0.1) is 23.3 Å². The second kappa shape index (κ2) is 13.6. The maximum absolute atomic E-state index is 13.1. The van der Waals surface area contributed by atoms with Gasteiger partial charge in [0.2, 0.25) is 11.8 Å². The number of ether oxygens (including phenoxy) is 2. The number of para-hydroxylation sites is 1. The molecule has 36 heavy (non-hydrogen) atoms. The molecule has 9 heteroatoms. The number of methoxy groups -OCH3 is 1. The average molecular weight is 608 g/mol. The first kappa shape index (κ1) is 27.9. The number of nitrogens with one attached hydrogen (secondary N) is 1. The summed E-state index contributed by atoms with van der Waals surface area (Å²) in [7, 11) is 1.61. The first-order valence-corrected chi connectivity index (χ1v) is 13.1. The molecule has 1 aliphatic rings. The van der Waals surface area contributed by atoms with E-state index < -0.39 is 18.2 Å². The number of nitrogens with zero attached hydrogens (tertiary/aromatic N) is 1.